The molecule has 0 unspecified atom stereocenters. The first-order valence-corrected chi connectivity index (χ1v) is 5.33. The zero-order valence-corrected chi connectivity index (χ0v) is 9.81. The monoisotopic (exact) mass is 230 g/mol. The lowest BCUT2D eigenvalue weighted by Gasteiger charge is -2.06. The second kappa shape index (κ2) is 4.88. The van der Waals surface area contributed by atoms with Crippen molar-refractivity contribution in [3.05, 3.63) is 41.3 Å². The van der Waals surface area contributed by atoms with Crippen LogP contribution in [0.25, 0.3) is 0 Å². The van der Waals surface area contributed by atoms with E-state index in [4.69, 9.17) is 5.11 Å². The summed E-state index contributed by atoms with van der Waals surface area (Å²) < 4.78 is 0. The number of aromatic nitrogens is 3. The van der Waals surface area contributed by atoms with Gasteiger partial charge in [-0.3, -0.25) is 0 Å². The molecule has 5 heteroatoms. The zero-order chi connectivity index (χ0) is 12.3. The van der Waals surface area contributed by atoms with Crippen molar-refractivity contribution < 1.29 is 5.11 Å². The van der Waals surface area contributed by atoms with E-state index in [1.165, 1.54) is 0 Å². The van der Waals surface area contributed by atoms with Crippen molar-refractivity contribution in [2.24, 2.45) is 0 Å². The van der Waals surface area contributed by atoms with Gasteiger partial charge in [0.15, 0.2) is 0 Å². The van der Waals surface area contributed by atoms with Crippen LogP contribution in [0.15, 0.2) is 24.3 Å². The van der Waals surface area contributed by atoms with Gasteiger partial charge in [0, 0.05) is 11.4 Å². The maximum Gasteiger partial charge on any atom is 0.228 e. The van der Waals surface area contributed by atoms with Crippen molar-refractivity contribution in [2.75, 3.05) is 5.32 Å². The van der Waals surface area contributed by atoms with Gasteiger partial charge in [0.2, 0.25) is 5.95 Å². The van der Waals surface area contributed by atoms with Crippen LogP contribution in [0.4, 0.5) is 11.8 Å². The Balaban J connectivity index is 2.24. The van der Waals surface area contributed by atoms with Gasteiger partial charge >= 0.3 is 0 Å². The first-order valence-electron chi connectivity index (χ1n) is 5.33. The molecule has 5 nitrogen and oxygen atoms in total. The number of nitrogens with zero attached hydrogens (tertiary/aromatic N) is 3. The van der Waals surface area contributed by atoms with Crippen molar-refractivity contribution >= 4 is 11.8 Å². The van der Waals surface area contributed by atoms with Crippen molar-refractivity contribution in [1.82, 2.24) is 15.0 Å². The highest BCUT2D eigenvalue weighted by atomic mass is 16.3. The summed E-state index contributed by atoms with van der Waals surface area (Å²) in [6.07, 6.45) is 0. The summed E-state index contributed by atoms with van der Waals surface area (Å²) in [5.74, 6) is 1.15. The van der Waals surface area contributed by atoms with Crippen LogP contribution in [0.2, 0.25) is 0 Å². The standard InChI is InChI=1S/C12H14N4O/c1-8-6-9(2)14-12(13-8)16-11-5-3-4-10(7-17)15-11/h3-6,17H,7H2,1-2H3,(H,13,14,15,16). The molecule has 0 fully saturated rings. The highest BCUT2D eigenvalue weighted by Gasteiger charge is 2.01. The summed E-state index contributed by atoms with van der Waals surface area (Å²) in [6.45, 7) is 3.75. The molecule has 0 aliphatic carbocycles. The minimum atomic E-state index is -0.0801. The molecule has 0 radical (unpaired) electrons. The van der Waals surface area contributed by atoms with Crippen LogP contribution in [-0.4, -0.2) is 20.1 Å². The van der Waals surface area contributed by atoms with Gasteiger partial charge in [-0.25, -0.2) is 15.0 Å². The van der Waals surface area contributed by atoms with Gasteiger partial charge in [0.05, 0.1) is 12.3 Å². The molecule has 0 saturated carbocycles. The predicted octanol–water partition coefficient (Wildman–Crippen LogP) is 1.72. The Hall–Kier alpha value is -2.01. The largest absolute Gasteiger partial charge is 0.390 e. The van der Waals surface area contributed by atoms with Crippen LogP contribution in [0.3, 0.4) is 0 Å². The lowest BCUT2D eigenvalue weighted by molar-refractivity contribution is 0.277. The van der Waals surface area contributed by atoms with Crippen LogP contribution in [0, 0.1) is 13.8 Å². The van der Waals surface area contributed by atoms with Crippen molar-refractivity contribution in [2.45, 2.75) is 20.5 Å². The molecule has 0 aliphatic heterocycles. The lowest BCUT2D eigenvalue weighted by atomic mass is 10.3. The molecule has 2 N–H and O–H groups in total. The van der Waals surface area contributed by atoms with E-state index < -0.39 is 0 Å². The van der Waals surface area contributed by atoms with E-state index in [1.807, 2.05) is 26.0 Å². The molecule has 0 saturated heterocycles. The predicted molar refractivity (Wildman–Crippen MR) is 64.9 cm³/mol. The molecule has 0 aromatic carbocycles. The molecular formula is C12H14N4O. The van der Waals surface area contributed by atoms with E-state index in [-0.39, 0.29) is 6.61 Å². The van der Waals surface area contributed by atoms with Crippen LogP contribution < -0.4 is 5.32 Å². The average molecular weight is 230 g/mol. The van der Waals surface area contributed by atoms with E-state index in [9.17, 15) is 0 Å². The molecular weight excluding hydrogens is 216 g/mol. The SMILES string of the molecule is Cc1cc(C)nc(Nc2cccc(CO)n2)n1. The zero-order valence-electron chi connectivity index (χ0n) is 9.81. The van der Waals surface area contributed by atoms with Crippen LogP contribution in [0.5, 0.6) is 0 Å². The molecule has 2 heterocycles. The number of pyridine rings is 1. The average Bonchev–Trinajstić information content (AvgIpc) is 2.28. The molecule has 88 valence electrons. The quantitative estimate of drug-likeness (QED) is 0.840. The van der Waals surface area contributed by atoms with E-state index in [1.54, 1.807) is 12.1 Å². The number of hydrogen-bond acceptors (Lipinski definition) is 5. The normalized spacial score (nSPS) is 10.3. The lowest BCUT2D eigenvalue weighted by Crippen LogP contribution is -2.02. The number of anilines is 2. The highest BCUT2D eigenvalue weighted by Crippen LogP contribution is 2.11. The Kier molecular flexibility index (Phi) is 3.30. The summed E-state index contributed by atoms with van der Waals surface area (Å²) in [5.41, 5.74) is 2.41. The summed E-state index contributed by atoms with van der Waals surface area (Å²) >= 11 is 0. The number of aryl methyl sites for hydroxylation is 2. The van der Waals surface area contributed by atoms with E-state index in [2.05, 4.69) is 20.3 Å². The van der Waals surface area contributed by atoms with Gasteiger partial charge in [0.1, 0.15) is 5.82 Å². The fourth-order valence-electron chi connectivity index (χ4n) is 1.53. The van der Waals surface area contributed by atoms with Gasteiger partial charge in [-0.1, -0.05) is 6.07 Å². The van der Waals surface area contributed by atoms with Gasteiger partial charge in [-0.2, -0.15) is 0 Å². The van der Waals surface area contributed by atoms with E-state index >= 15 is 0 Å². The molecule has 0 aliphatic rings. The fourth-order valence-corrected chi connectivity index (χ4v) is 1.53. The smallest absolute Gasteiger partial charge is 0.228 e. The van der Waals surface area contributed by atoms with Gasteiger partial charge in [0.25, 0.3) is 0 Å². The third kappa shape index (κ3) is 2.98. The summed E-state index contributed by atoms with van der Waals surface area (Å²) in [7, 11) is 0. The number of rotatable bonds is 3. The molecule has 0 bridgehead atoms. The molecule has 17 heavy (non-hydrogen) atoms. The van der Waals surface area contributed by atoms with Crippen molar-refractivity contribution in [3.63, 3.8) is 0 Å². The third-order valence-electron chi connectivity index (χ3n) is 2.19. The fraction of sp³-hybridized carbons (Fsp3) is 0.250. The van der Waals surface area contributed by atoms with Gasteiger partial charge in [-0.15, -0.1) is 0 Å². The Morgan fingerprint density at radius 3 is 2.47 bits per heavy atom. The third-order valence-corrected chi connectivity index (χ3v) is 2.19. The second-order valence-electron chi connectivity index (χ2n) is 3.77. The molecule has 0 spiro atoms. The van der Waals surface area contributed by atoms with Crippen molar-refractivity contribution in [1.29, 1.82) is 0 Å². The van der Waals surface area contributed by atoms with Crippen LogP contribution in [-0.2, 0) is 6.61 Å². The molecule has 2 aromatic rings. The van der Waals surface area contributed by atoms with Crippen LogP contribution in [0.1, 0.15) is 17.1 Å². The number of hydrogen-bond donors (Lipinski definition) is 2. The van der Waals surface area contributed by atoms with E-state index in [0.29, 0.717) is 17.5 Å². The summed E-state index contributed by atoms with van der Waals surface area (Å²) in [4.78, 5) is 12.7. The van der Waals surface area contributed by atoms with E-state index in [0.717, 1.165) is 11.4 Å². The summed E-state index contributed by atoms with van der Waals surface area (Å²) in [6, 6.07) is 7.29. The minimum absolute atomic E-state index is 0.0801. The Morgan fingerprint density at radius 2 is 1.82 bits per heavy atom. The topological polar surface area (TPSA) is 70.9 Å². The highest BCUT2D eigenvalue weighted by molar-refractivity contribution is 5.48. The summed E-state index contributed by atoms with van der Waals surface area (Å²) in [5, 5.41) is 12.0. The van der Waals surface area contributed by atoms with Crippen LogP contribution >= 0.6 is 0 Å². The maximum absolute atomic E-state index is 8.99. The second-order valence-corrected chi connectivity index (χ2v) is 3.77. The molecule has 0 amide bonds. The molecule has 2 aromatic heterocycles. The first kappa shape index (κ1) is 11.5. The van der Waals surface area contributed by atoms with Crippen molar-refractivity contribution in [3.8, 4) is 0 Å². The Bertz CT molecular complexity index is 507. The first-order chi connectivity index (χ1) is 8.17. The number of aliphatic hydroxyl groups excluding tert-OH is 1. The number of nitrogens with one attached hydrogen (secondary N) is 1. The van der Waals surface area contributed by atoms with Gasteiger partial charge < -0.3 is 10.4 Å². The minimum Gasteiger partial charge on any atom is -0.390 e. The maximum atomic E-state index is 8.99. The van der Waals surface area contributed by atoms with Gasteiger partial charge in [-0.05, 0) is 32.0 Å². The molecule has 0 atom stereocenters. The Morgan fingerprint density at radius 1 is 1.12 bits per heavy atom. The molecule has 2 rings (SSSR count). The Labute approximate surface area is 99.6 Å². The number of aliphatic hydroxyl groups is 1.